The zero-order valence-corrected chi connectivity index (χ0v) is 11.3. The van der Waals surface area contributed by atoms with E-state index in [1.54, 1.807) is 0 Å². The Bertz CT molecular complexity index is 516. The van der Waals surface area contributed by atoms with E-state index in [2.05, 4.69) is 25.2 Å². The molecule has 0 bridgehead atoms. The fourth-order valence-electron chi connectivity index (χ4n) is 1.91. The van der Waals surface area contributed by atoms with E-state index in [1.165, 1.54) is 0 Å². The van der Waals surface area contributed by atoms with Crippen LogP contribution in [0.5, 0.6) is 0 Å². The maximum atomic E-state index is 5.97. The molecule has 2 rings (SSSR count). The second-order valence-electron chi connectivity index (χ2n) is 5.03. The summed E-state index contributed by atoms with van der Waals surface area (Å²) in [5.74, 6) is 1.02. The van der Waals surface area contributed by atoms with Gasteiger partial charge in [-0.3, -0.25) is 0 Å². The van der Waals surface area contributed by atoms with Crippen LogP contribution in [0.1, 0.15) is 26.0 Å². The Balaban J connectivity index is 2.35. The van der Waals surface area contributed by atoms with Crippen molar-refractivity contribution in [3.63, 3.8) is 0 Å². The van der Waals surface area contributed by atoms with Crippen LogP contribution in [-0.2, 0) is 5.41 Å². The summed E-state index contributed by atoms with van der Waals surface area (Å²) in [5.41, 5.74) is 0.941. The van der Waals surface area contributed by atoms with Gasteiger partial charge in [0.2, 0.25) is 0 Å². The summed E-state index contributed by atoms with van der Waals surface area (Å²) < 4.78 is 5.90. The number of halogens is 1. The third-order valence-electron chi connectivity index (χ3n) is 3.15. The molecule has 0 saturated carbocycles. The Kier molecular flexibility index (Phi) is 3.45. The molecule has 17 heavy (non-hydrogen) atoms. The zero-order valence-electron chi connectivity index (χ0n) is 10.5. The Morgan fingerprint density at radius 3 is 2.76 bits per heavy atom. The predicted molar refractivity (Wildman–Crippen MR) is 72.8 cm³/mol. The molecule has 92 valence electrons. The average molecular weight is 252 g/mol. The third kappa shape index (κ3) is 2.64. The second kappa shape index (κ2) is 4.71. The number of fused-ring (bicyclic) bond motifs is 1. The van der Waals surface area contributed by atoms with Gasteiger partial charge >= 0.3 is 0 Å². The van der Waals surface area contributed by atoms with Crippen LogP contribution in [0.15, 0.2) is 28.7 Å². The molecule has 3 heteroatoms. The summed E-state index contributed by atoms with van der Waals surface area (Å²) in [7, 11) is 1.97. The Morgan fingerprint density at radius 1 is 1.29 bits per heavy atom. The summed E-state index contributed by atoms with van der Waals surface area (Å²) in [5, 5.41) is 5.00. The van der Waals surface area contributed by atoms with Crippen LogP contribution in [0.4, 0.5) is 0 Å². The number of hydrogen-bond acceptors (Lipinski definition) is 2. The van der Waals surface area contributed by atoms with Gasteiger partial charge in [-0.15, -0.1) is 0 Å². The van der Waals surface area contributed by atoms with Crippen molar-refractivity contribution in [2.75, 3.05) is 13.6 Å². The van der Waals surface area contributed by atoms with Gasteiger partial charge in [-0.05, 0) is 44.3 Å². The van der Waals surface area contributed by atoms with Gasteiger partial charge in [0.1, 0.15) is 11.3 Å². The second-order valence-corrected chi connectivity index (χ2v) is 5.47. The van der Waals surface area contributed by atoms with Gasteiger partial charge < -0.3 is 9.73 Å². The minimum atomic E-state index is 0.0362. The number of rotatable bonds is 4. The van der Waals surface area contributed by atoms with Gasteiger partial charge in [0, 0.05) is 15.8 Å². The van der Waals surface area contributed by atoms with Crippen molar-refractivity contribution in [1.82, 2.24) is 5.32 Å². The lowest BCUT2D eigenvalue weighted by Crippen LogP contribution is -2.22. The first kappa shape index (κ1) is 12.5. The van der Waals surface area contributed by atoms with Crippen molar-refractivity contribution in [3.05, 3.63) is 35.0 Å². The van der Waals surface area contributed by atoms with E-state index < -0.39 is 0 Å². The molecule has 2 nitrogen and oxygen atoms in total. The summed E-state index contributed by atoms with van der Waals surface area (Å²) in [6.07, 6.45) is 1.04. The van der Waals surface area contributed by atoms with Crippen molar-refractivity contribution >= 4 is 22.6 Å². The highest BCUT2D eigenvalue weighted by atomic mass is 35.5. The average Bonchev–Trinajstić information content (AvgIpc) is 2.70. The molecule has 1 N–H and O–H groups in total. The van der Waals surface area contributed by atoms with Crippen LogP contribution in [0, 0.1) is 0 Å². The molecule has 0 aliphatic carbocycles. The van der Waals surface area contributed by atoms with Crippen LogP contribution < -0.4 is 5.32 Å². The number of nitrogens with one attached hydrogen (secondary N) is 1. The molecule has 0 radical (unpaired) electrons. The molecule has 1 aromatic heterocycles. The molecule has 0 saturated heterocycles. The molecule has 0 spiro atoms. The zero-order chi connectivity index (χ0) is 12.5. The van der Waals surface area contributed by atoms with Crippen LogP contribution in [0.25, 0.3) is 11.0 Å². The van der Waals surface area contributed by atoms with Crippen molar-refractivity contribution < 1.29 is 4.42 Å². The molecule has 0 aliphatic heterocycles. The van der Waals surface area contributed by atoms with E-state index in [0.717, 1.165) is 34.7 Å². The van der Waals surface area contributed by atoms with Gasteiger partial charge in [-0.25, -0.2) is 0 Å². The highest BCUT2D eigenvalue weighted by Gasteiger charge is 2.24. The van der Waals surface area contributed by atoms with E-state index >= 15 is 0 Å². The first-order valence-electron chi connectivity index (χ1n) is 5.87. The fourth-order valence-corrected chi connectivity index (χ4v) is 2.09. The van der Waals surface area contributed by atoms with Gasteiger partial charge in [0.05, 0.1) is 0 Å². The lowest BCUT2D eigenvalue weighted by Gasteiger charge is -2.21. The molecule has 0 amide bonds. The largest absolute Gasteiger partial charge is 0.461 e. The summed E-state index contributed by atoms with van der Waals surface area (Å²) in [4.78, 5) is 0. The first-order chi connectivity index (χ1) is 8.03. The molecule has 1 heterocycles. The first-order valence-corrected chi connectivity index (χ1v) is 6.25. The SMILES string of the molecule is CNCCC(C)(C)c1cc2cc(Cl)ccc2o1. The molecule has 2 aromatic rings. The number of hydrogen-bond donors (Lipinski definition) is 1. The van der Waals surface area contributed by atoms with Gasteiger partial charge in [0.25, 0.3) is 0 Å². The summed E-state index contributed by atoms with van der Waals surface area (Å²) >= 11 is 5.97. The highest BCUT2D eigenvalue weighted by Crippen LogP contribution is 2.32. The maximum Gasteiger partial charge on any atom is 0.134 e. The monoisotopic (exact) mass is 251 g/mol. The number of furan rings is 1. The molecular weight excluding hydrogens is 234 g/mol. The third-order valence-corrected chi connectivity index (χ3v) is 3.38. The smallest absolute Gasteiger partial charge is 0.134 e. The van der Waals surface area contributed by atoms with E-state index in [9.17, 15) is 0 Å². The van der Waals surface area contributed by atoms with E-state index in [-0.39, 0.29) is 5.41 Å². The molecule has 0 unspecified atom stereocenters. The van der Waals surface area contributed by atoms with Crippen molar-refractivity contribution in [2.24, 2.45) is 0 Å². The fraction of sp³-hybridized carbons (Fsp3) is 0.429. The Hall–Kier alpha value is -0.990. The van der Waals surface area contributed by atoms with Crippen LogP contribution >= 0.6 is 11.6 Å². The summed E-state index contributed by atoms with van der Waals surface area (Å²) in [6, 6.07) is 7.82. The van der Waals surface area contributed by atoms with Gasteiger partial charge in [-0.2, -0.15) is 0 Å². The predicted octanol–water partition coefficient (Wildman–Crippen LogP) is 3.97. The molecule has 0 fully saturated rings. The molecular formula is C14H18ClNO. The van der Waals surface area contributed by atoms with E-state index in [4.69, 9.17) is 16.0 Å². The Labute approximate surface area is 107 Å². The lowest BCUT2D eigenvalue weighted by molar-refractivity contribution is 0.375. The molecule has 1 aromatic carbocycles. The quantitative estimate of drug-likeness (QED) is 0.889. The van der Waals surface area contributed by atoms with Crippen LogP contribution in [0.3, 0.4) is 0 Å². The topological polar surface area (TPSA) is 25.2 Å². The Morgan fingerprint density at radius 2 is 2.06 bits per heavy atom. The van der Waals surface area contributed by atoms with Crippen LogP contribution in [0.2, 0.25) is 5.02 Å². The van der Waals surface area contributed by atoms with Gasteiger partial charge in [0.15, 0.2) is 0 Å². The van der Waals surface area contributed by atoms with E-state index in [0.29, 0.717) is 0 Å². The van der Waals surface area contributed by atoms with Crippen molar-refractivity contribution in [3.8, 4) is 0 Å². The maximum absolute atomic E-state index is 5.97. The van der Waals surface area contributed by atoms with Crippen molar-refractivity contribution in [1.29, 1.82) is 0 Å². The number of benzene rings is 1. The lowest BCUT2D eigenvalue weighted by atomic mass is 9.86. The van der Waals surface area contributed by atoms with Gasteiger partial charge in [-0.1, -0.05) is 25.4 Å². The van der Waals surface area contributed by atoms with E-state index in [1.807, 2.05) is 25.2 Å². The minimum absolute atomic E-state index is 0.0362. The highest BCUT2D eigenvalue weighted by molar-refractivity contribution is 6.31. The van der Waals surface area contributed by atoms with Crippen LogP contribution in [-0.4, -0.2) is 13.6 Å². The summed E-state index contributed by atoms with van der Waals surface area (Å²) in [6.45, 7) is 5.37. The van der Waals surface area contributed by atoms with Crippen molar-refractivity contribution in [2.45, 2.75) is 25.7 Å². The standard InChI is InChI=1S/C14H18ClNO/c1-14(2,6-7-16-3)13-9-10-8-11(15)4-5-12(10)17-13/h4-5,8-9,16H,6-7H2,1-3H3. The normalized spacial score (nSPS) is 12.2. The molecule has 0 atom stereocenters. The minimum Gasteiger partial charge on any atom is -0.461 e. The molecule has 0 aliphatic rings.